The van der Waals surface area contributed by atoms with Gasteiger partial charge in [-0.25, -0.2) is 4.79 Å². The van der Waals surface area contributed by atoms with E-state index in [1.165, 1.54) is 0 Å². The third-order valence-electron chi connectivity index (χ3n) is 3.34. The van der Waals surface area contributed by atoms with Crippen molar-refractivity contribution in [2.75, 3.05) is 0 Å². The Labute approximate surface area is 132 Å². The van der Waals surface area contributed by atoms with E-state index in [2.05, 4.69) is 15.5 Å². The molecule has 0 fully saturated rings. The molecule has 0 saturated heterocycles. The number of rotatable bonds is 5. The van der Waals surface area contributed by atoms with E-state index in [0.29, 0.717) is 12.3 Å². The summed E-state index contributed by atoms with van der Waals surface area (Å²) >= 11 is 0. The number of benzene rings is 2. The van der Waals surface area contributed by atoms with E-state index in [9.17, 15) is 4.79 Å². The monoisotopic (exact) mass is 309 g/mol. The number of nitrogens with zero attached hydrogens (tertiary/aromatic N) is 2. The van der Waals surface area contributed by atoms with Crippen molar-refractivity contribution in [1.29, 1.82) is 0 Å². The van der Waals surface area contributed by atoms with Crippen LogP contribution in [-0.4, -0.2) is 21.4 Å². The molecule has 0 aliphatic rings. The predicted molar refractivity (Wildman–Crippen MR) is 83.8 cm³/mol. The molecule has 0 saturated carbocycles. The van der Waals surface area contributed by atoms with Crippen LogP contribution in [0.4, 0.5) is 4.79 Å². The molecule has 1 unspecified atom stereocenters. The second-order valence-corrected chi connectivity index (χ2v) is 5.00. The van der Waals surface area contributed by atoms with Crippen LogP contribution in [0.5, 0.6) is 0 Å². The van der Waals surface area contributed by atoms with Gasteiger partial charge < -0.3 is 14.8 Å². The standard InChI is InChI=1S/C17H15N3O3/c21-17(22)18-14(11-12-7-3-1-4-8-12)16-20-19-15(23-16)13-9-5-2-6-10-13/h1-10,14,18H,11H2,(H,21,22). The zero-order chi connectivity index (χ0) is 16.1. The Kier molecular flexibility index (Phi) is 4.33. The molecule has 2 N–H and O–H groups in total. The second kappa shape index (κ2) is 6.74. The van der Waals surface area contributed by atoms with Gasteiger partial charge in [0.1, 0.15) is 6.04 Å². The summed E-state index contributed by atoms with van der Waals surface area (Å²) in [5.41, 5.74) is 1.77. The van der Waals surface area contributed by atoms with Gasteiger partial charge in [-0.3, -0.25) is 0 Å². The molecule has 0 spiro atoms. The first-order valence-electron chi connectivity index (χ1n) is 7.14. The highest BCUT2D eigenvalue weighted by Gasteiger charge is 2.21. The molecule has 3 aromatic rings. The summed E-state index contributed by atoms with van der Waals surface area (Å²) in [6, 6.07) is 18.3. The normalized spacial score (nSPS) is 11.8. The lowest BCUT2D eigenvalue weighted by molar-refractivity contribution is 0.187. The van der Waals surface area contributed by atoms with Crippen molar-refractivity contribution in [3.05, 3.63) is 72.1 Å². The number of hydrogen-bond acceptors (Lipinski definition) is 4. The molecule has 6 nitrogen and oxygen atoms in total. The number of aromatic nitrogens is 2. The molecule has 1 aromatic heterocycles. The fourth-order valence-electron chi connectivity index (χ4n) is 2.27. The Bertz CT molecular complexity index is 772. The molecule has 1 atom stereocenters. The molecule has 116 valence electrons. The van der Waals surface area contributed by atoms with Crippen LogP contribution in [0.25, 0.3) is 11.5 Å². The molecule has 6 heteroatoms. The lowest BCUT2D eigenvalue weighted by Crippen LogP contribution is -2.28. The van der Waals surface area contributed by atoms with E-state index in [4.69, 9.17) is 9.52 Å². The molecular weight excluding hydrogens is 294 g/mol. The van der Waals surface area contributed by atoms with E-state index in [1.807, 2.05) is 60.7 Å². The second-order valence-electron chi connectivity index (χ2n) is 5.00. The van der Waals surface area contributed by atoms with Crippen molar-refractivity contribution < 1.29 is 14.3 Å². The van der Waals surface area contributed by atoms with Crippen LogP contribution in [0.1, 0.15) is 17.5 Å². The first-order chi connectivity index (χ1) is 11.2. The van der Waals surface area contributed by atoms with Gasteiger partial charge in [-0.2, -0.15) is 0 Å². The van der Waals surface area contributed by atoms with Crippen molar-refractivity contribution in [3.8, 4) is 11.5 Å². The van der Waals surface area contributed by atoms with Gasteiger partial charge in [0.25, 0.3) is 0 Å². The van der Waals surface area contributed by atoms with Crippen molar-refractivity contribution in [2.24, 2.45) is 0 Å². The van der Waals surface area contributed by atoms with Gasteiger partial charge in [0.2, 0.25) is 11.8 Å². The van der Waals surface area contributed by atoms with Crippen molar-refractivity contribution in [1.82, 2.24) is 15.5 Å². The van der Waals surface area contributed by atoms with Crippen LogP contribution in [0.15, 0.2) is 65.1 Å². The minimum atomic E-state index is -1.13. The summed E-state index contributed by atoms with van der Waals surface area (Å²) in [4.78, 5) is 11.0. The van der Waals surface area contributed by atoms with Crippen molar-refractivity contribution in [2.45, 2.75) is 12.5 Å². The van der Waals surface area contributed by atoms with E-state index in [0.717, 1.165) is 11.1 Å². The number of amides is 1. The molecule has 0 radical (unpaired) electrons. The number of carboxylic acid groups (broad SMARTS) is 1. The maximum absolute atomic E-state index is 11.0. The van der Waals surface area contributed by atoms with E-state index in [-0.39, 0.29) is 5.89 Å². The van der Waals surface area contributed by atoms with E-state index < -0.39 is 12.1 Å². The van der Waals surface area contributed by atoms with Crippen LogP contribution in [-0.2, 0) is 6.42 Å². The highest BCUT2D eigenvalue weighted by atomic mass is 16.4. The molecule has 3 rings (SSSR count). The van der Waals surface area contributed by atoms with Gasteiger partial charge in [-0.05, 0) is 17.7 Å². The average molecular weight is 309 g/mol. The van der Waals surface area contributed by atoms with E-state index in [1.54, 1.807) is 0 Å². The van der Waals surface area contributed by atoms with Gasteiger partial charge in [-0.15, -0.1) is 10.2 Å². The SMILES string of the molecule is O=C(O)NC(Cc1ccccc1)c1nnc(-c2ccccc2)o1. The molecule has 23 heavy (non-hydrogen) atoms. The zero-order valence-electron chi connectivity index (χ0n) is 12.2. The van der Waals surface area contributed by atoms with Crippen LogP contribution in [0, 0.1) is 0 Å². The van der Waals surface area contributed by atoms with Crippen LogP contribution >= 0.6 is 0 Å². The van der Waals surface area contributed by atoms with Crippen molar-refractivity contribution in [3.63, 3.8) is 0 Å². The molecule has 1 heterocycles. The lowest BCUT2D eigenvalue weighted by Gasteiger charge is -2.12. The Morgan fingerprint density at radius 3 is 2.35 bits per heavy atom. The molecule has 0 bridgehead atoms. The fourth-order valence-corrected chi connectivity index (χ4v) is 2.27. The smallest absolute Gasteiger partial charge is 0.405 e. The number of nitrogens with one attached hydrogen (secondary N) is 1. The van der Waals surface area contributed by atoms with Crippen LogP contribution in [0.3, 0.4) is 0 Å². The summed E-state index contributed by atoms with van der Waals surface area (Å²) in [5, 5.41) is 19.5. The Hall–Kier alpha value is -3.15. The minimum Gasteiger partial charge on any atom is -0.465 e. The number of hydrogen-bond donors (Lipinski definition) is 2. The van der Waals surface area contributed by atoms with Gasteiger partial charge in [0.15, 0.2) is 0 Å². The third-order valence-corrected chi connectivity index (χ3v) is 3.34. The van der Waals surface area contributed by atoms with Gasteiger partial charge >= 0.3 is 6.09 Å². The lowest BCUT2D eigenvalue weighted by atomic mass is 10.1. The first kappa shape index (κ1) is 14.8. The Morgan fingerprint density at radius 2 is 1.70 bits per heavy atom. The Balaban J connectivity index is 1.85. The van der Waals surface area contributed by atoms with E-state index >= 15 is 0 Å². The highest BCUT2D eigenvalue weighted by Crippen LogP contribution is 2.22. The Morgan fingerprint density at radius 1 is 1.04 bits per heavy atom. The zero-order valence-corrected chi connectivity index (χ0v) is 12.2. The number of carbonyl (C=O) groups is 1. The summed E-state index contributed by atoms with van der Waals surface area (Å²) in [6.07, 6.45) is -0.700. The maximum Gasteiger partial charge on any atom is 0.405 e. The summed E-state index contributed by atoms with van der Waals surface area (Å²) in [7, 11) is 0. The molecular formula is C17H15N3O3. The summed E-state index contributed by atoms with van der Waals surface area (Å²) in [6.45, 7) is 0. The average Bonchev–Trinajstić information content (AvgIpc) is 3.06. The largest absolute Gasteiger partial charge is 0.465 e. The van der Waals surface area contributed by atoms with Crippen LogP contribution in [0.2, 0.25) is 0 Å². The molecule has 1 amide bonds. The molecule has 0 aliphatic heterocycles. The summed E-state index contributed by atoms with van der Waals surface area (Å²) in [5.74, 6) is 0.612. The summed E-state index contributed by atoms with van der Waals surface area (Å²) < 4.78 is 5.66. The van der Waals surface area contributed by atoms with Gasteiger partial charge in [0, 0.05) is 12.0 Å². The minimum absolute atomic E-state index is 0.245. The topological polar surface area (TPSA) is 88.2 Å². The molecule has 2 aromatic carbocycles. The maximum atomic E-state index is 11.0. The quantitative estimate of drug-likeness (QED) is 0.755. The predicted octanol–water partition coefficient (Wildman–Crippen LogP) is 3.29. The third kappa shape index (κ3) is 3.74. The fraction of sp³-hybridized carbons (Fsp3) is 0.118. The highest BCUT2D eigenvalue weighted by molar-refractivity contribution is 5.65. The van der Waals surface area contributed by atoms with Crippen molar-refractivity contribution >= 4 is 6.09 Å². The van der Waals surface area contributed by atoms with Gasteiger partial charge in [0.05, 0.1) is 0 Å². The molecule has 0 aliphatic carbocycles. The van der Waals surface area contributed by atoms with Crippen LogP contribution < -0.4 is 5.32 Å². The van der Waals surface area contributed by atoms with Gasteiger partial charge in [-0.1, -0.05) is 48.5 Å². The first-order valence-corrected chi connectivity index (χ1v) is 7.14.